The Balaban J connectivity index is 2.28. The van der Waals surface area contributed by atoms with Crippen LogP contribution >= 0.6 is 0 Å². The van der Waals surface area contributed by atoms with E-state index in [0.717, 1.165) is 18.9 Å². The van der Waals surface area contributed by atoms with Gasteiger partial charge in [0.2, 0.25) is 0 Å². The highest BCUT2D eigenvalue weighted by molar-refractivity contribution is 5.98. The van der Waals surface area contributed by atoms with Gasteiger partial charge in [0.05, 0.1) is 18.8 Å². The van der Waals surface area contributed by atoms with Crippen molar-refractivity contribution in [3.63, 3.8) is 0 Å². The lowest BCUT2D eigenvalue weighted by Gasteiger charge is -2.27. The highest BCUT2D eigenvalue weighted by Gasteiger charge is 2.20. The van der Waals surface area contributed by atoms with Crippen LogP contribution in [-0.4, -0.2) is 41.9 Å². The van der Waals surface area contributed by atoms with E-state index in [0.29, 0.717) is 18.8 Å². The number of ketones is 1. The van der Waals surface area contributed by atoms with Crippen LogP contribution in [0, 0.1) is 0 Å². The summed E-state index contributed by atoms with van der Waals surface area (Å²) in [6.07, 6.45) is 1.77. The van der Waals surface area contributed by atoms with Crippen molar-refractivity contribution in [1.82, 2.24) is 9.78 Å². The Morgan fingerprint density at radius 1 is 1.47 bits per heavy atom. The predicted molar refractivity (Wildman–Crippen MR) is 56.2 cm³/mol. The molecule has 0 radical (unpaired) electrons. The van der Waals surface area contributed by atoms with Crippen molar-refractivity contribution in [2.24, 2.45) is 7.05 Å². The smallest absolute Gasteiger partial charge is 0.165 e. The van der Waals surface area contributed by atoms with Crippen molar-refractivity contribution in [3.05, 3.63) is 11.8 Å². The normalized spacial score (nSPS) is 16.8. The second-order valence-corrected chi connectivity index (χ2v) is 3.70. The molecule has 2 heterocycles. The molecule has 1 aliphatic heterocycles. The largest absolute Gasteiger partial charge is 0.378 e. The SMILES string of the molecule is CC(=O)c1cn(C)nc1N1CCOCC1. The molecule has 0 aliphatic carbocycles. The fourth-order valence-electron chi connectivity index (χ4n) is 1.73. The van der Waals surface area contributed by atoms with Gasteiger partial charge in [0.15, 0.2) is 11.6 Å². The molecule has 0 saturated carbocycles. The summed E-state index contributed by atoms with van der Waals surface area (Å²) < 4.78 is 6.95. The molecule has 0 atom stereocenters. The van der Waals surface area contributed by atoms with Gasteiger partial charge in [-0.1, -0.05) is 0 Å². The lowest BCUT2D eigenvalue weighted by atomic mass is 10.2. The van der Waals surface area contributed by atoms with E-state index in [1.54, 1.807) is 17.8 Å². The molecule has 0 amide bonds. The zero-order chi connectivity index (χ0) is 10.8. The lowest BCUT2D eigenvalue weighted by molar-refractivity contribution is 0.101. The molecule has 0 bridgehead atoms. The Labute approximate surface area is 88.6 Å². The maximum atomic E-state index is 11.4. The first kappa shape index (κ1) is 10.2. The topological polar surface area (TPSA) is 47.4 Å². The molecule has 0 spiro atoms. The van der Waals surface area contributed by atoms with Crippen LogP contribution < -0.4 is 4.90 Å². The van der Waals surface area contributed by atoms with E-state index >= 15 is 0 Å². The molecule has 1 aromatic rings. The van der Waals surface area contributed by atoms with Crippen LogP contribution in [0.15, 0.2) is 6.20 Å². The van der Waals surface area contributed by atoms with Gasteiger partial charge in [0.1, 0.15) is 0 Å². The second-order valence-electron chi connectivity index (χ2n) is 3.70. The third-order valence-corrected chi connectivity index (χ3v) is 2.50. The average Bonchev–Trinajstić information content (AvgIpc) is 2.62. The quantitative estimate of drug-likeness (QED) is 0.664. The fraction of sp³-hybridized carbons (Fsp3) is 0.600. The highest BCUT2D eigenvalue weighted by Crippen LogP contribution is 2.19. The molecule has 0 N–H and O–H groups in total. The van der Waals surface area contributed by atoms with Crippen LogP contribution in [-0.2, 0) is 11.8 Å². The average molecular weight is 209 g/mol. The number of rotatable bonds is 2. The van der Waals surface area contributed by atoms with Crippen molar-refractivity contribution in [2.45, 2.75) is 6.92 Å². The van der Waals surface area contributed by atoms with Crippen molar-refractivity contribution < 1.29 is 9.53 Å². The molecule has 2 rings (SSSR count). The van der Waals surface area contributed by atoms with Crippen LogP contribution in [0.3, 0.4) is 0 Å². The number of ether oxygens (including phenoxy) is 1. The van der Waals surface area contributed by atoms with Gasteiger partial charge in [0, 0.05) is 26.3 Å². The molecule has 0 aromatic carbocycles. The van der Waals surface area contributed by atoms with Crippen LogP contribution in [0.5, 0.6) is 0 Å². The summed E-state index contributed by atoms with van der Waals surface area (Å²) in [5, 5.41) is 4.32. The monoisotopic (exact) mass is 209 g/mol. The number of anilines is 1. The first-order valence-electron chi connectivity index (χ1n) is 5.06. The third-order valence-electron chi connectivity index (χ3n) is 2.50. The van der Waals surface area contributed by atoms with Crippen molar-refractivity contribution in [1.29, 1.82) is 0 Å². The summed E-state index contributed by atoms with van der Waals surface area (Å²) in [4.78, 5) is 13.5. The van der Waals surface area contributed by atoms with Gasteiger partial charge in [-0.25, -0.2) is 0 Å². The molecule has 1 aliphatic rings. The summed E-state index contributed by atoms with van der Waals surface area (Å²) in [5.74, 6) is 0.845. The minimum absolute atomic E-state index is 0.0598. The van der Waals surface area contributed by atoms with E-state index in [-0.39, 0.29) is 5.78 Å². The van der Waals surface area contributed by atoms with Crippen LogP contribution in [0.25, 0.3) is 0 Å². The third kappa shape index (κ3) is 2.02. The van der Waals surface area contributed by atoms with Gasteiger partial charge in [-0.3, -0.25) is 9.48 Å². The van der Waals surface area contributed by atoms with Gasteiger partial charge in [-0.15, -0.1) is 0 Å². The van der Waals surface area contributed by atoms with Crippen LogP contribution in [0.2, 0.25) is 0 Å². The van der Waals surface area contributed by atoms with E-state index < -0.39 is 0 Å². The minimum Gasteiger partial charge on any atom is -0.378 e. The fourth-order valence-corrected chi connectivity index (χ4v) is 1.73. The molecule has 1 aromatic heterocycles. The maximum absolute atomic E-state index is 11.4. The van der Waals surface area contributed by atoms with E-state index in [1.807, 2.05) is 7.05 Å². The lowest BCUT2D eigenvalue weighted by Crippen LogP contribution is -2.37. The molecule has 15 heavy (non-hydrogen) atoms. The van der Waals surface area contributed by atoms with Crippen LogP contribution in [0.4, 0.5) is 5.82 Å². The highest BCUT2D eigenvalue weighted by atomic mass is 16.5. The first-order valence-corrected chi connectivity index (χ1v) is 5.06. The number of hydrogen-bond acceptors (Lipinski definition) is 4. The number of carbonyl (C=O) groups excluding carboxylic acids is 1. The van der Waals surface area contributed by atoms with E-state index in [1.165, 1.54) is 0 Å². The minimum atomic E-state index is 0.0598. The summed E-state index contributed by atoms with van der Waals surface area (Å²) in [6, 6.07) is 0. The summed E-state index contributed by atoms with van der Waals surface area (Å²) >= 11 is 0. The van der Waals surface area contributed by atoms with Gasteiger partial charge in [-0.05, 0) is 6.92 Å². The molecule has 82 valence electrons. The molecule has 1 fully saturated rings. The molecule has 5 heteroatoms. The standard InChI is InChI=1S/C10H15N3O2/c1-8(14)9-7-12(2)11-10(9)13-3-5-15-6-4-13/h7H,3-6H2,1-2H3. The zero-order valence-electron chi connectivity index (χ0n) is 9.06. The Kier molecular flexibility index (Phi) is 2.73. The molecular formula is C10H15N3O2. The first-order chi connectivity index (χ1) is 7.18. The van der Waals surface area contributed by atoms with Crippen molar-refractivity contribution in [2.75, 3.05) is 31.2 Å². The van der Waals surface area contributed by atoms with Crippen molar-refractivity contribution >= 4 is 11.6 Å². The molecule has 5 nitrogen and oxygen atoms in total. The number of morpholine rings is 1. The summed E-state index contributed by atoms with van der Waals surface area (Å²) in [5.41, 5.74) is 0.694. The number of Topliss-reactive ketones (excluding diaryl/α,β-unsaturated/α-hetero) is 1. The molecule has 0 unspecified atom stereocenters. The van der Waals surface area contributed by atoms with E-state index in [9.17, 15) is 4.79 Å². The Bertz CT molecular complexity index is 367. The number of aromatic nitrogens is 2. The van der Waals surface area contributed by atoms with Crippen molar-refractivity contribution in [3.8, 4) is 0 Å². The molecule has 1 saturated heterocycles. The number of carbonyl (C=O) groups is 1. The Morgan fingerprint density at radius 3 is 2.73 bits per heavy atom. The summed E-state index contributed by atoms with van der Waals surface area (Å²) in [7, 11) is 1.83. The van der Waals surface area contributed by atoms with Gasteiger partial charge < -0.3 is 9.64 Å². The summed E-state index contributed by atoms with van der Waals surface area (Å²) in [6.45, 7) is 4.58. The maximum Gasteiger partial charge on any atom is 0.165 e. The number of nitrogens with zero attached hydrogens (tertiary/aromatic N) is 3. The Hall–Kier alpha value is -1.36. The van der Waals surface area contributed by atoms with E-state index in [4.69, 9.17) is 4.74 Å². The van der Waals surface area contributed by atoms with E-state index in [2.05, 4.69) is 10.00 Å². The zero-order valence-corrected chi connectivity index (χ0v) is 9.06. The van der Waals surface area contributed by atoms with Gasteiger partial charge in [0.25, 0.3) is 0 Å². The predicted octanol–water partition coefficient (Wildman–Crippen LogP) is 0.459. The second kappa shape index (κ2) is 4.02. The van der Waals surface area contributed by atoms with Gasteiger partial charge in [-0.2, -0.15) is 5.10 Å². The number of aryl methyl sites for hydroxylation is 1. The van der Waals surface area contributed by atoms with Crippen LogP contribution in [0.1, 0.15) is 17.3 Å². The molecular weight excluding hydrogens is 194 g/mol. The Morgan fingerprint density at radius 2 is 2.13 bits per heavy atom. The number of hydrogen-bond donors (Lipinski definition) is 0. The van der Waals surface area contributed by atoms with Gasteiger partial charge >= 0.3 is 0 Å².